The van der Waals surface area contributed by atoms with Crippen molar-refractivity contribution in [3.63, 3.8) is 0 Å². The monoisotopic (exact) mass is 521 g/mol. The van der Waals surface area contributed by atoms with Crippen LogP contribution in [0.2, 0.25) is 10.0 Å². The van der Waals surface area contributed by atoms with Crippen molar-refractivity contribution in [1.82, 2.24) is 10.2 Å². The van der Waals surface area contributed by atoms with Gasteiger partial charge < -0.3 is 10.2 Å². The minimum atomic E-state index is -3.85. The predicted molar refractivity (Wildman–Crippen MR) is 137 cm³/mol. The first kappa shape index (κ1) is 25.8. The Morgan fingerprint density at radius 3 is 2.18 bits per heavy atom. The van der Waals surface area contributed by atoms with Crippen LogP contribution >= 0.6 is 23.2 Å². The number of hydrogen-bond acceptors (Lipinski definition) is 4. The predicted octanol–water partition coefficient (Wildman–Crippen LogP) is 4.08. The molecule has 0 bridgehead atoms. The maximum absolute atomic E-state index is 13.6. The van der Waals surface area contributed by atoms with Gasteiger partial charge in [0.05, 0.1) is 11.9 Å². The molecule has 0 heterocycles. The highest BCUT2D eigenvalue weighted by Crippen LogP contribution is 2.30. The summed E-state index contributed by atoms with van der Waals surface area (Å²) in [5, 5.41) is 4.71. The van der Waals surface area contributed by atoms with Crippen molar-refractivity contribution in [3.05, 3.63) is 76.3 Å². The van der Waals surface area contributed by atoms with Gasteiger partial charge in [0.2, 0.25) is 21.8 Å². The number of anilines is 1. The summed E-state index contributed by atoms with van der Waals surface area (Å²) in [5.41, 5.74) is 0.836. The minimum absolute atomic E-state index is 0.0704. The topological polar surface area (TPSA) is 86.8 Å². The maximum atomic E-state index is 13.6. The molecule has 3 aromatic carbocycles. The first-order chi connectivity index (χ1) is 16.0. The lowest BCUT2D eigenvalue weighted by Gasteiger charge is -2.32. The third-order valence-electron chi connectivity index (χ3n) is 5.52. The molecule has 0 aliphatic carbocycles. The number of sulfonamides is 1. The fraction of sp³-hybridized carbons (Fsp3) is 0.250. The molecule has 7 nitrogen and oxygen atoms in total. The molecule has 1 N–H and O–H groups in total. The van der Waals surface area contributed by atoms with Gasteiger partial charge >= 0.3 is 0 Å². The van der Waals surface area contributed by atoms with Crippen molar-refractivity contribution < 1.29 is 18.0 Å². The van der Waals surface area contributed by atoms with Crippen LogP contribution in [0.4, 0.5) is 5.69 Å². The van der Waals surface area contributed by atoms with E-state index in [2.05, 4.69) is 5.32 Å². The Kier molecular flexibility index (Phi) is 8.07. The molecular formula is C24H25Cl2N3O4S. The Labute approximate surface area is 209 Å². The van der Waals surface area contributed by atoms with Crippen LogP contribution in [-0.4, -0.2) is 51.0 Å². The van der Waals surface area contributed by atoms with Crippen LogP contribution in [0.25, 0.3) is 10.8 Å². The summed E-state index contributed by atoms with van der Waals surface area (Å²) >= 11 is 12.6. The van der Waals surface area contributed by atoms with Crippen LogP contribution in [0.15, 0.2) is 60.7 Å². The molecule has 2 amide bonds. The zero-order valence-electron chi connectivity index (χ0n) is 19.0. The van der Waals surface area contributed by atoms with E-state index in [1.807, 2.05) is 18.2 Å². The Morgan fingerprint density at radius 2 is 1.56 bits per heavy atom. The van der Waals surface area contributed by atoms with Gasteiger partial charge in [0, 0.05) is 34.6 Å². The Hall–Kier alpha value is -2.81. The van der Waals surface area contributed by atoms with Crippen LogP contribution in [0.3, 0.4) is 0 Å². The smallest absolute Gasteiger partial charge is 0.244 e. The normalized spacial score (nSPS) is 12.3. The maximum Gasteiger partial charge on any atom is 0.244 e. The second-order valence-electron chi connectivity index (χ2n) is 7.78. The van der Waals surface area contributed by atoms with Crippen LogP contribution in [0.5, 0.6) is 0 Å². The number of nitrogens with zero attached hydrogens (tertiary/aromatic N) is 2. The molecule has 0 saturated carbocycles. The number of fused-ring (bicyclic) bond motifs is 1. The van der Waals surface area contributed by atoms with Crippen molar-refractivity contribution in [3.8, 4) is 0 Å². The van der Waals surface area contributed by atoms with E-state index in [-0.39, 0.29) is 6.54 Å². The lowest BCUT2D eigenvalue weighted by atomic mass is 10.1. The zero-order chi connectivity index (χ0) is 25.0. The second-order valence-corrected chi connectivity index (χ2v) is 10.5. The van der Waals surface area contributed by atoms with Crippen molar-refractivity contribution >= 4 is 61.5 Å². The van der Waals surface area contributed by atoms with Gasteiger partial charge in [-0.2, -0.15) is 0 Å². The quantitative estimate of drug-likeness (QED) is 0.483. The Morgan fingerprint density at radius 1 is 0.971 bits per heavy atom. The fourth-order valence-corrected chi connectivity index (χ4v) is 5.04. The Balaban J connectivity index is 2.04. The molecule has 10 heteroatoms. The number of carbonyl (C=O) groups is 2. The van der Waals surface area contributed by atoms with Crippen LogP contribution < -0.4 is 9.62 Å². The lowest BCUT2D eigenvalue weighted by Crippen LogP contribution is -2.50. The number of rotatable bonds is 8. The molecule has 0 spiro atoms. The molecular weight excluding hydrogens is 497 g/mol. The third kappa shape index (κ3) is 5.63. The average molecular weight is 522 g/mol. The van der Waals surface area contributed by atoms with E-state index in [9.17, 15) is 18.0 Å². The van der Waals surface area contributed by atoms with E-state index in [0.717, 1.165) is 15.9 Å². The van der Waals surface area contributed by atoms with Crippen molar-refractivity contribution in [2.75, 3.05) is 24.2 Å². The molecule has 34 heavy (non-hydrogen) atoms. The zero-order valence-corrected chi connectivity index (χ0v) is 21.3. The summed E-state index contributed by atoms with van der Waals surface area (Å²) in [5.74, 6) is -0.988. The van der Waals surface area contributed by atoms with E-state index in [0.29, 0.717) is 26.7 Å². The average Bonchev–Trinajstić information content (AvgIpc) is 2.80. The van der Waals surface area contributed by atoms with E-state index in [1.165, 1.54) is 11.9 Å². The lowest BCUT2D eigenvalue weighted by molar-refractivity contribution is -0.139. The van der Waals surface area contributed by atoms with Crippen LogP contribution in [-0.2, 0) is 26.2 Å². The molecule has 0 fully saturated rings. The van der Waals surface area contributed by atoms with Gasteiger partial charge in [-0.1, -0.05) is 65.7 Å². The van der Waals surface area contributed by atoms with E-state index in [4.69, 9.17) is 23.2 Å². The number of amides is 2. The minimum Gasteiger partial charge on any atom is -0.357 e. The highest BCUT2D eigenvalue weighted by molar-refractivity contribution is 7.92. The van der Waals surface area contributed by atoms with Crippen molar-refractivity contribution in [2.45, 2.75) is 19.5 Å². The summed E-state index contributed by atoms with van der Waals surface area (Å²) in [4.78, 5) is 27.3. The molecule has 0 unspecified atom stereocenters. The van der Waals surface area contributed by atoms with Gasteiger partial charge in [0.25, 0.3) is 0 Å². The molecule has 3 rings (SSSR count). The Bertz CT molecular complexity index is 1310. The SMILES string of the molecule is CNC(=O)[C@@H](C)N(Cc1c(Cl)cccc1Cl)C(=O)CN(c1cccc2ccccc12)S(C)(=O)=O. The van der Waals surface area contributed by atoms with Gasteiger partial charge in [0.15, 0.2) is 0 Å². The fourth-order valence-electron chi connectivity index (χ4n) is 3.67. The number of halogens is 2. The van der Waals surface area contributed by atoms with Gasteiger partial charge in [-0.05, 0) is 30.5 Å². The number of hydrogen-bond donors (Lipinski definition) is 1. The molecule has 0 saturated heterocycles. The van der Waals surface area contributed by atoms with Gasteiger partial charge in [-0.25, -0.2) is 8.42 Å². The van der Waals surface area contributed by atoms with E-state index < -0.39 is 34.4 Å². The summed E-state index contributed by atoms with van der Waals surface area (Å²) < 4.78 is 26.6. The third-order valence-corrected chi connectivity index (χ3v) is 7.35. The molecule has 3 aromatic rings. The van der Waals surface area contributed by atoms with Gasteiger partial charge in [-0.3, -0.25) is 13.9 Å². The molecule has 0 radical (unpaired) electrons. The highest BCUT2D eigenvalue weighted by atomic mass is 35.5. The number of carbonyl (C=O) groups excluding carboxylic acids is 2. The molecule has 180 valence electrons. The number of nitrogens with one attached hydrogen (secondary N) is 1. The van der Waals surface area contributed by atoms with Crippen molar-refractivity contribution in [2.24, 2.45) is 0 Å². The standard InChI is InChI=1S/C24H25Cl2N3O4S/c1-16(24(31)27-2)28(14-19-20(25)11-7-12-21(19)26)23(30)15-29(34(3,32)33)22-13-6-9-17-8-4-5-10-18(17)22/h4-13,16H,14-15H2,1-3H3,(H,27,31)/t16-/m1/s1. The van der Waals surface area contributed by atoms with E-state index in [1.54, 1.807) is 49.4 Å². The van der Waals surface area contributed by atoms with E-state index >= 15 is 0 Å². The molecule has 1 atom stereocenters. The molecule has 0 aliphatic rings. The number of likely N-dealkylation sites (N-methyl/N-ethyl adjacent to an activating group) is 1. The van der Waals surface area contributed by atoms with Gasteiger partial charge in [0.1, 0.15) is 12.6 Å². The van der Waals surface area contributed by atoms with Gasteiger partial charge in [-0.15, -0.1) is 0 Å². The summed E-state index contributed by atoms with van der Waals surface area (Å²) in [6, 6.07) is 16.6. The number of benzene rings is 3. The van der Waals surface area contributed by atoms with Crippen LogP contribution in [0, 0.1) is 0 Å². The summed E-state index contributed by atoms with van der Waals surface area (Å²) in [6.45, 7) is 0.986. The van der Waals surface area contributed by atoms with Crippen LogP contribution in [0.1, 0.15) is 12.5 Å². The molecule has 0 aliphatic heterocycles. The van der Waals surface area contributed by atoms with Crippen molar-refractivity contribution in [1.29, 1.82) is 0 Å². The first-order valence-corrected chi connectivity index (χ1v) is 13.0. The molecule has 0 aromatic heterocycles. The summed E-state index contributed by atoms with van der Waals surface area (Å²) in [7, 11) is -2.38. The second kappa shape index (κ2) is 10.6. The highest BCUT2D eigenvalue weighted by Gasteiger charge is 2.31. The largest absolute Gasteiger partial charge is 0.357 e. The summed E-state index contributed by atoms with van der Waals surface area (Å²) in [6.07, 6.45) is 1.04. The first-order valence-electron chi connectivity index (χ1n) is 10.4.